The fraction of sp³-hybridized carbons (Fsp3) is 0.238. The zero-order valence-corrected chi connectivity index (χ0v) is 16.7. The molecule has 4 nitrogen and oxygen atoms in total. The molecule has 0 unspecified atom stereocenters. The number of hydrogen-bond acceptors (Lipinski definition) is 4. The molecule has 0 saturated heterocycles. The summed E-state index contributed by atoms with van der Waals surface area (Å²) in [5.41, 5.74) is 5.19. The van der Waals surface area contributed by atoms with Gasteiger partial charge in [0.25, 0.3) is 0 Å². The molecule has 2 aromatic carbocycles. The number of hydrogen-bond donors (Lipinski definition) is 1. The summed E-state index contributed by atoms with van der Waals surface area (Å²) in [5, 5.41) is 9.30. The van der Waals surface area contributed by atoms with Gasteiger partial charge in [-0.1, -0.05) is 41.9 Å². The lowest BCUT2D eigenvalue weighted by atomic mass is 10.0. The molecule has 0 aliphatic carbocycles. The van der Waals surface area contributed by atoms with Gasteiger partial charge in [0, 0.05) is 12.0 Å². The quantitative estimate of drug-likeness (QED) is 0.553. The summed E-state index contributed by atoms with van der Waals surface area (Å²) in [6.07, 6.45) is 0.635. The van der Waals surface area contributed by atoms with Crippen LogP contribution in [0.3, 0.4) is 0 Å². The Morgan fingerprint density at radius 2 is 1.96 bits per heavy atom. The van der Waals surface area contributed by atoms with Crippen molar-refractivity contribution in [3.8, 4) is 16.2 Å². The summed E-state index contributed by atoms with van der Waals surface area (Å²) in [5.74, 6) is -0.0670. The number of halogens is 1. The molecule has 0 saturated carbocycles. The van der Waals surface area contributed by atoms with E-state index < -0.39 is 5.97 Å². The van der Waals surface area contributed by atoms with Gasteiger partial charge < -0.3 is 9.84 Å². The lowest BCUT2D eigenvalue weighted by Crippen LogP contribution is -2.00. The number of aryl methyl sites for hydroxylation is 3. The van der Waals surface area contributed by atoms with Gasteiger partial charge in [-0.05, 0) is 66.2 Å². The van der Waals surface area contributed by atoms with Crippen LogP contribution >= 0.6 is 23.1 Å². The Morgan fingerprint density at radius 1 is 1.19 bits per heavy atom. The van der Waals surface area contributed by atoms with Gasteiger partial charge in [0.2, 0.25) is 0 Å². The molecule has 0 aliphatic rings. The number of carboxylic acid groups (broad SMARTS) is 1. The molecule has 0 radical (unpaired) electrons. The predicted octanol–water partition coefficient (Wildman–Crippen LogP) is 5.68. The Morgan fingerprint density at radius 3 is 2.67 bits per heavy atom. The maximum atomic E-state index is 10.7. The Hall–Kier alpha value is -2.37. The number of benzene rings is 2. The molecule has 0 spiro atoms. The van der Waals surface area contributed by atoms with E-state index in [0.29, 0.717) is 18.2 Å². The standard InChI is InChI=1S/C21H20ClNO3S/c1-13-5-3-4-6-17(13)20-18(21(22)23-27-20)12-26-16-9-7-15(14(2)11-16)8-10-19(24)25/h3-7,9,11H,8,10,12H2,1-2H3,(H,24,25). The lowest BCUT2D eigenvalue weighted by molar-refractivity contribution is -0.136. The Kier molecular flexibility index (Phi) is 6.14. The highest BCUT2D eigenvalue weighted by Crippen LogP contribution is 2.35. The second-order valence-electron chi connectivity index (χ2n) is 6.37. The van der Waals surface area contributed by atoms with Crippen molar-refractivity contribution in [1.29, 1.82) is 0 Å². The summed E-state index contributed by atoms with van der Waals surface area (Å²) in [6.45, 7) is 4.35. The van der Waals surface area contributed by atoms with Crippen molar-refractivity contribution in [3.63, 3.8) is 0 Å². The van der Waals surface area contributed by atoms with Crippen LogP contribution in [0.1, 0.15) is 28.7 Å². The molecule has 3 rings (SSSR count). The monoisotopic (exact) mass is 401 g/mol. The number of aromatic nitrogens is 1. The van der Waals surface area contributed by atoms with E-state index in [9.17, 15) is 4.79 Å². The second kappa shape index (κ2) is 8.55. The minimum absolute atomic E-state index is 0.122. The van der Waals surface area contributed by atoms with Crippen LogP contribution in [0.25, 0.3) is 10.4 Å². The molecule has 0 fully saturated rings. The molecule has 140 valence electrons. The highest BCUT2D eigenvalue weighted by molar-refractivity contribution is 7.10. The van der Waals surface area contributed by atoms with Gasteiger partial charge in [0.05, 0.1) is 4.88 Å². The number of rotatable bonds is 7. The molecule has 27 heavy (non-hydrogen) atoms. The number of aliphatic carboxylic acids is 1. The summed E-state index contributed by atoms with van der Waals surface area (Å²) < 4.78 is 10.3. The molecule has 3 aromatic rings. The van der Waals surface area contributed by atoms with Crippen molar-refractivity contribution in [2.24, 2.45) is 0 Å². The van der Waals surface area contributed by atoms with E-state index >= 15 is 0 Å². The van der Waals surface area contributed by atoms with Crippen LogP contribution in [0.4, 0.5) is 0 Å². The maximum Gasteiger partial charge on any atom is 0.303 e. The third kappa shape index (κ3) is 4.67. The summed E-state index contributed by atoms with van der Waals surface area (Å²) >= 11 is 7.68. The minimum Gasteiger partial charge on any atom is -0.489 e. The van der Waals surface area contributed by atoms with Crippen LogP contribution in [0.2, 0.25) is 5.15 Å². The van der Waals surface area contributed by atoms with Crippen LogP contribution in [-0.4, -0.2) is 15.4 Å². The summed E-state index contributed by atoms with van der Waals surface area (Å²) in [4.78, 5) is 11.8. The Balaban J connectivity index is 1.76. The van der Waals surface area contributed by atoms with Crippen LogP contribution in [0, 0.1) is 13.8 Å². The van der Waals surface area contributed by atoms with Crippen LogP contribution in [0.15, 0.2) is 42.5 Å². The highest BCUT2D eigenvalue weighted by Gasteiger charge is 2.16. The van der Waals surface area contributed by atoms with Gasteiger partial charge in [-0.2, -0.15) is 4.37 Å². The smallest absolute Gasteiger partial charge is 0.303 e. The van der Waals surface area contributed by atoms with E-state index in [-0.39, 0.29) is 6.42 Å². The third-order valence-corrected chi connectivity index (χ3v) is 5.77. The number of nitrogens with zero attached hydrogens (tertiary/aromatic N) is 1. The van der Waals surface area contributed by atoms with E-state index in [1.807, 2.05) is 37.3 Å². The number of ether oxygens (including phenoxy) is 1. The first-order valence-electron chi connectivity index (χ1n) is 8.60. The van der Waals surface area contributed by atoms with E-state index in [2.05, 4.69) is 23.4 Å². The average molecular weight is 402 g/mol. The minimum atomic E-state index is -0.793. The molecule has 1 aromatic heterocycles. The van der Waals surface area contributed by atoms with Gasteiger partial charge in [-0.3, -0.25) is 4.79 Å². The first-order valence-corrected chi connectivity index (χ1v) is 9.75. The van der Waals surface area contributed by atoms with Crippen LogP contribution < -0.4 is 4.74 Å². The van der Waals surface area contributed by atoms with E-state index in [0.717, 1.165) is 38.4 Å². The van der Waals surface area contributed by atoms with Crippen molar-refractivity contribution in [3.05, 3.63) is 69.9 Å². The van der Waals surface area contributed by atoms with Gasteiger partial charge in [-0.15, -0.1) is 0 Å². The van der Waals surface area contributed by atoms with Crippen LogP contribution in [-0.2, 0) is 17.8 Å². The molecular weight excluding hydrogens is 382 g/mol. The Labute approximate surface area is 167 Å². The van der Waals surface area contributed by atoms with E-state index in [1.54, 1.807) is 0 Å². The molecule has 0 amide bonds. The average Bonchev–Trinajstić information content (AvgIpc) is 3.00. The predicted molar refractivity (Wildman–Crippen MR) is 109 cm³/mol. The first kappa shape index (κ1) is 19.4. The van der Waals surface area contributed by atoms with Gasteiger partial charge in [0.1, 0.15) is 17.5 Å². The molecular formula is C21H20ClNO3S. The third-order valence-electron chi connectivity index (χ3n) is 4.44. The van der Waals surface area contributed by atoms with Gasteiger partial charge >= 0.3 is 5.97 Å². The van der Waals surface area contributed by atoms with Crippen molar-refractivity contribution >= 4 is 29.1 Å². The summed E-state index contributed by atoms with van der Waals surface area (Å²) in [6, 6.07) is 13.8. The van der Waals surface area contributed by atoms with Crippen molar-refractivity contribution in [1.82, 2.24) is 4.37 Å². The van der Waals surface area contributed by atoms with E-state index in [1.165, 1.54) is 11.5 Å². The zero-order chi connectivity index (χ0) is 19.4. The first-order chi connectivity index (χ1) is 13.0. The molecule has 1 N–H and O–H groups in total. The Bertz CT molecular complexity index is 968. The van der Waals surface area contributed by atoms with Gasteiger partial charge in [-0.25, -0.2) is 0 Å². The summed E-state index contributed by atoms with van der Waals surface area (Å²) in [7, 11) is 0. The molecule has 0 atom stereocenters. The molecule has 0 bridgehead atoms. The van der Waals surface area contributed by atoms with Gasteiger partial charge in [0.15, 0.2) is 0 Å². The lowest BCUT2D eigenvalue weighted by Gasteiger charge is -2.11. The van der Waals surface area contributed by atoms with Crippen molar-refractivity contribution in [2.45, 2.75) is 33.3 Å². The number of carbonyl (C=O) groups is 1. The fourth-order valence-corrected chi connectivity index (χ4v) is 4.07. The second-order valence-corrected chi connectivity index (χ2v) is 7.50. The number of carboxylic acids is 1. The normalized spacial score (nSPS) is 10.8. The molecule has 0 aliphatic heterocycles. The molecule has 1 heterocycles. The fourth-order valence-electron chi connectivity index (χ4n) is 2.89. The highest BCUT2D eigenvalue weighted by atomic mass is 35.5. The topological polar surface area (TPSA) is 59.4 Å². The van der Waals surface area contributed by atoms with E-state index in [4.69, 9.17) is 21.4 Å². The van der Waals surface area contributed by atoms with Crippen LogP contribution in [0.5, 0.6) is 5.75 Å². The molecule has 6 heteroatoms. The van der Waals surface area contributed by atoms with Crippen molar-refractivity contribution < 1.29 is 14.6 Å². The largest absolute Gasteiger partial charge is 0.489 e. The van der Waals surface area contributed by atoms with Crippen molar-refractivity contribution in [2.75, 3.05) is 0 Å². The maximum absolute atomic E-state index is 10.7. The zero-order valence-electron chi connectivity index (χ0n) is 15.2. The SMILES string of the molecule is Cc1cc(OCc2c(Cl)nsc2-c2ccccc2C)ccc1CCC(=O)O.